The van der Waals surface area contributed by atoms with Crippen LogP contribution in [0.15, 0.2) is 29.1 Å². The normalized spacial score (nSPS) is 22.6. The first-order chi connectivity index (χ1) is 13.2. The van der Waals surface area contributed by atoms with Crippen LogP contribution in [0.5, 0.6) is 0 Å². The van der Waals surface area contributed by atoms with E-state index in [0.717, 1.165) is 42.9 Å². The molecule has 5 heteroatoms. The number of hydrogen-bond acceptors (Lipinski definition) is 3. The van der Waals surface area contributed by atoms with Gasteiger partial charge in [0, 0.05) is 19.6 Å². The SMILES string of the molecule is O=c1[nH]c2ccccc2n1C1(CO)CCN(CC2CCCCCCC2)CC1. The summed E-state index contributed by atoms with van der Waals surface area (Å²) in [6, 6.07) is 7.81. The number of aliphatic hydroxyl groups excluding tert-OH is 1. The minimum absolute atomic E-state index is 0.0199. The minimum Gasteiger partial charge on any atom is -0.394 e. The van der Waals surface area contributed by atoms with Gasteiger partial charge in [-0.2, -0.15) is 0 Å². The molecule has 0 amide bonds. The average Bonchev–Trinajstić information content (AvgIpc) is 3.01. The average molecular weight is 372 g/mol. The van der Waals surface area contributed by atoms with E-state index in [9.17, 15) is 9.90 Å². The molecule has 2 fully saturated rings. The molecule has 0 bridgehead atoms. The van der Waals surface area contributed by atoms with E-state index in [4.69, 9.17) is 0 Å². The molecule has 0 spiro atoms. The molecule has 0 unspecified atom stereocenters. The summed E-state index contributed by atoms with van der Waals surface area (Å²) in [7, 11) is 0. The van der Waals surface area contributed by atoms with E-state index < -0.39 is 5.54 Å². The van der Waals surface area contributed by atoms with Crippen molar-refractivity contribution in [2.45, 2.75) is 63.3 Å². The molecule has 27 heavy (non-hydrogen) atoms. The van der Waals surface area contributed by atoms with Crippen molar-refractivity contribution < 1.29 is 5.11 Å². The molecule has 0 radical (unpaired) electrons. The lowest BCUT2D eigenvalue weighted by molar-refractivity contribution is 0.0452. The molecule has 2 N–H and O–H groups in total. The first kappa shape index (κ1) is 18.8. The molecule has 0 atom stereocenters. The first-order valence-electron chi connectivity index (χ1n) is 10.8. The van der Waals surface area contributed by atoms with Crippen molar-refractivity contribution in [1.82, 2.24) is 14.5 Å². The van der Waals surface area contributed by atoms with Crippen LogP contribution < -0.4 is 5.69 Å². The van der Waals surface area contributed by atoms with Crippen molar-refractivity contribution in [1.29, 1.82) is 0 Å². The van der Waals surface area contributed by atoms with E-state index in [1.165, 1.54) is 51.5 Å². The summed E-state index contributed by atoms with van der Waals surface area (Å²) in [4.78, 5) is 18.2. The second kappa shape index (κ2) is 8.19. The van der Waals surface area contributed by atoms with Gasteiger partial charge in [0.05, 0.1) is 23.2 Å². The Morgan fingerprint density at radius 3 is 2.41 bits per heavy atom. The highest BCUT2D eigenvalue weighted by molar-refractivity contribution is 5.75. The van der Waals surface area contributed by atoms with Crippen molar-refractivity contribution in [3.8, 4) is 0 Å². The van der Waals surface area contributed by atoms with Gasteiger partial charge < -0.3 is 15.0 Å². The van der Waals surface area contributed by atoms with Gasteiger partial charge in [-0.15, -0.1) is 0 Å². The molecule has 148 valence electrons. The third-order valence-electron chi connectivity index (χ3n) is 6.89. The predicted molar refractivity (Wildman–Crippen MR) is 109 cm³/mol. The summed E-state index contributed by atoms with van der Waals surface area (Å²) < 4.78 is 1.83. The fraction of sp³-hybridized carbons (Fsp3) is 0.682. The smallest absolute Gasteiger partial charge is 0.327 e. The Bertz CT molecular complexity index is 793. The van der Waals surface area contributed by atoms with Crippen LogP contribution in [0.3, 0.4) is 0 Å². The summed E-state index contributed by atoms with van der Waals surface area (Å²) in [5, 5.41) is 10.3. The number of H-pyrrole nitrogens is 1. The number of likely N-dealkylation sites (tertiary alicyclic amines) is 1. The molecule has 1 saturated heterocycles. The quantitative estimate of drug-likeness (QED) is 0.865. The van der Waals surface area contributed by atoms with Crippen LogP contribution in [0.1, 0.15) is 57.8 Å². The molecule has 1 saturated carbocycles. The van der Waals surface area contributed by atoms with Gasteiger partial charge in [-0.3, -0.25) is 4.57 Å². The van der Waals surface area contributed by atoms with Crippen molar-refractivity contribution >= 4 is 11.0 Å². The van der Waals surface area contributed by atoms with Gasteiger partial charge in [-0.05, 0) is 43.7 Å². The number of benzene rings is 1. The number of para-hydroxylation sites is 2. The number of aromatic nitrogens is 2. The maximum absolute atomic E-state index is 12.7. The lowest BCUT2D eigenvalue weighted by atomic mass is 9.86. The maximum atomic E-state index is 12.7. The van der Waals surface area contributed by atoms with Crippen LogP contribution in [0.4, 0.5) is 0 Å². The summed E-state index contributed by atoms with van der Waals surface area (Å²) in [5.74, 6) is 0.822. The van der Waals surface area contributed by atoms with E-state index >= 15 is 0 Å². The summed E-state index contributed by atoms with van der Waals surface area (Å²) in [5.41, 5.74) is 1.18. The molecule has 2 heterocycles. The molecule has 1 aromatic heterocycles. The van der Waals surface area contributed by atoms with Crippen molar-refractivity contribution in [3.63, 3.8) is 0 Å². The zero-order valence-electron chi connectivity index (χ0n) is 16.3. The van der Waals surface area contributed by atoms with Crippen LogP contribution in [0.25, 0.3) is 11.0 Å². The molecule has 1 aliphatic carbocycles. The van der Waals surface area contributed by atoms with Crippen LogP contribution >= 0.6 is 0 Å². The highest BCUT2D eigenvalue weighted by atomic mass is 16.3. The van der Waals surface area contributed by atoms with E-state index in [0.29, 0.717) is 0 Å². The van der Waals surface area contributed by atoms with Gasteiger partial charge in [0.1, 0.15) is 0 Å². The second-order valence-electron chi connectivity index (χ2n) is 8.68. The Hall–Kier alpha value is -1.59. The van der Waals surface area contributed by atoms with Crippen LogP contribution in [-0.2, 0) is 5.54 Å². The van der Waals surface area contributed by atoms with Crippen LogP contribution in [-0.4, -0.2) is 45.8 Å². The molecule has 5 nitrogen and oxygen atoms in total. The third-order valence-corrected chi connectivity index (χ3v) is 6.89. The molecular formula is C22H33N3O2. The fourth-order valence-corrected chi connectivity index (χ4v) is 5.22. The lowest BCUT2D eigenvalue weighted by Gasteiger charge is -2.42. The van der Waals surface area contributed by atoms with Crippen LogP contribution in [0, 0.1) is 5.92 Å². The number of hydrogen-bond donors (Lipinski definition) is 2. The summed E-state index contributed by atoms with van der Waals surface area (Å²) >= 11 is 0. The van der Waals surface area contributed by atoms with Gasteiger partial charge in [0.15, 0.2) is 0 Å². The van der Waals surface area contributed by atoms with Crippen molar-refractivity contribution in [2.24, 2.45) is 5.92 Å². The number of rotatable bonds is 4. The third kappa shape index (κ3) is 3.85. The number of aliphatic hydroxyl groups is 1. The Labute approximate surface area is 161 Å². The molecular weight excluding hydrogens is 338 g/mol. The van der Waals surface area contributed by atoms with Gasteiger partial charge in [-0.25, -0.2) is 4.79 Å². The standard InChI is InChI=1S/C22H33N3O2/c26-17-22(25-20-11-7-6-10-19(20)23-21(25)27)12-14-24(15-13-22)16-18-8-4-2-1-3-5-9-18/h6-7,10-11,18,26H,1-5,8-9,12-17H2,(H,23,27). The number of imidazole rings is 1. The Morgan fingerprint density at radius 2 is 1.70 bits per heavy atom. The van der Waals surface area contributed by atoms with E-state index in [-0.39, 0.29) is 12.3 Å². The number of nitrogens with one attached hydrogen (secondary N) is 1. The molecule has 2 aromatic rings. The highest BCUT2D eigenvalue weighted by Crippen LogP contribution is 2.32. The van der Waals surface area contributed by atoms with Crippen molar-refractivity contribution in [3.05, 3.63) is 34.7 Å². The van der Waals surface area contributed by atoms with E-state index in [1.54, 1.807) is 0 Å². The van der Waals surface area contributed by atoms with E-state index in [2.05, 4.69) is 9.88 Å². The highest BCUT2D eigenvalue weighted by Gasteiger charge is 2.38. The number of aromatic amines is 1. The number of piperidine rings is 1. The van der Waals surface area contributed by atoms with Gasteiger partial charge in [0.25, 0.3) is 0 Å². The molecule has 2 aliphatic rings. The Kier molecular flexibility index (Phi) is 5.69. The molecule has 1 aromatic carbocycles. The Morgan fingerprint density at radius 1 is 1.04 bits per heavy atom. The zero-order valence-corrected chi connectivity index (χ0v) is 16.3. The monoisotopic (exact) mass is 371 g/mol. The maximum Gasteiger partial charge on any atom is 0.327 e. The minimum atomic E-state index is -0.478. The Balaban J connectivity index is 1.47. The molecule has 4 rings (SSSR count). The summed E-state index contributed by atoms with van der Waals surface area (Å²) in [6.45, 7) is 3.13. The fourth-order valence-electron chi connectivity index (χ4n) is 5.22. The number of fused-ring (bicyclic) bond motifs is 1. The molecule has 1 aliphatic heterocycles. The summed E-state index contributed by atoms with van der Waals surface area (Å²) in [6.07, 6.45) is 11.4. The number of nitrogens with zero attached hydrogens (tertiary/aromatic N) is 2. The lowest BCUT2D eigenvalue weighted by Crippen LogP contribution is -2.52. The van der Waals surface area contributed by atoms with Crippen molar-refractivity contribution in [2.75, 3.05) is 26.2 Å². The van der Waals surface area contributed by atoms with Gasteiger partial charge in [0.2, 0.25) is 0 Å². The topological polar surface area (TPSA) is 61.3 Å². The van der Waals surface area contributed by atoms with Gasteiger partial charge in [-0.1, -0.05) is 44.2 Å². The predicted octanol–water partition coefficient (Wildman–Crippen LogP) is 3.47. The van der Waals surface area contributed by atoms with Gasteiger partial charge >= 0.3 is 5.69 Å². The largest absolute Gasteiger partial charge is 0.394 e. The van der Waals surface area contributed by atoms with E-state index in [1.807, 2.05) is 28.8 Å². The first-order valence-corrected chi connectivity index (χ1v) is 10.8. The zero-order chi connectivity index (χ0) is 18.7. The van der Waals surface area contributed by atoms with Crippen LogP contribution in [0.2, 0.25) is 0 Å². The second-order valence-corrected chi connectivity index (χ2v) is 8.68.